The Balaban J connectivity index is 0.000000175. The molecule has 4 N–H and O–H groups in total. The molecule has 6 aromatic carbocycles. The zero-order valence-electron chi connectivity index (χ0n) is 48.4. The third kappa shape index (κ3) is 14.3. The molecule has 2 saturated heterocycles. The van der Waals surface area contributed by atoms with Crippen molar-refractivity contribution < 1.29 is 18.7 Å². The van der Waals surface area contributed by atoms with Gasteiger partial charge in [0.05, 0.1) is 30.5 Å². The number of likely N-dealkylation sites (N-methyl/N-ethyl adjacent to an activating group) is 2. The van der Waals surface area contributed by atoms with Crippen LogP contribution in [0.1, 0.15) is 74.0 Å². The minimum Gasteiger partial charge on any atom is -0.496 e. The molecular formula is C68H75FN12O3. The van der Waals surface area contributed by atoms with Gasteiger partial charge in [-0.15, -0.1) is 0 Å². The molecule has 15 nitrogen and oxygen atoms in total. The first-order valence-electron chi connectivity index (χ1n) is 29.5. The van der Waals surface area contributed by atoms with Gasteiger partial charge in [0.25, 0.3) is 5.91 Å². The number of piperazine rings is 2. The summed E-state index contributed by atoms with van der Waals surface area (Å²) in [5.41, 5.74) is 14.2. The highest BCUT2D eigenvalue weighted by Crippen LogP contribution is 2.44. The van der Waals surface area contributed by atoms with Gasteiger partial charge in [-0.3, -0.25) is 9.59 Å². The zero-order chi connectivity index (χ0) is 57.8. The highest BCUT2D eigenvalue weighted by molar-refractivity contribution is 6.06. The van der Waals surface area contributed by atoms with Crippen LogP contribution in [0.2, 0.25) is 0 Å². The third-order valence-electron chi connectivity index (χ3n) is 16.6. The first-order valence-corrected chi connectivity index (χ1v) is 29.5. The number of benzene rings is 6. The second-order valence-electron chi connectivity index (χ2n) is 22.4. The van der Waals surface area contributed by atoms with Gasteiger partial charge in [0.1, 0.15) is 11.6 Å². The van der Waals surface area contributed by atoms with Gasteiger partial charge in [-0.25, -0.2) is 24.3 Å². The number of carbonyl (C=O) groups excluding carboxylic acids is 2. The van der Waals surface area contributed by atoms with Crippen LogP contribution in [0.4, 0.5) is 27.7 Å². The Morgan fingerprint density at radius 1 is 0.560 bits per heavy atom. The summed E-state index contributed by atoms with van der Waals surface area (Å²) in [6.45, 7) is 13.0. The minimum atomic E-state index is -0.308. The number of fused-ring (bicyclic) bond motifs is 6. The van der Waals surface area contributed by atoms with Crippen LogP contribution >= 0.6 is 0 Å². The quantitative estimate of drug-likeness (QED) is 0.0603. The topological polar surface area (TPSA) is 156 Å². The summed E-state index contributed by atoms with van der Waals surface area (Å²) in [5, 5.41) is 12.8. The van der Waals surface area contributed by atoms with E-state index in [0.717, 1.165) is 155 Å². The molecule has 2 atom stereocenters. The second-order valence-corrected chi connectivity index (χ2v) is 22.4. The van der Waals surface area contributed by atoms with Crippen LogP contribution in [0.15, 0.2) is 158 Å². The summed E-state index contributed by atoms with van der Waals surface area (Å²) in [6, 6.07) is 46.4. The van der Waals surface area contributed by atoms with Gasteiger partial charge in [0.2, 0.25) is 17.8 Å². The van der Waals surface area contributed by atoms with Crippen LogP contribution in [0, 0.1) is 5.82 Å². The lowest BCUT2D eigenvalue weighted by molar-refractivity contribution is -0.115. The molecule has 0 radical (unpaired) electrons. The molecule has 2 fully saturated rings. The number of anilines is 4. The number of amides is 2. The maximum Gasteiger partial charge on any atom is 0.259 e. The van der Waals surface area contributed by atoms with E-state index in [4.69, 9.17) is 14.7 Å². The van der Waals surface area contributed by atoms with E-state index in [0.29, 0.717) is 23.2 Å². The lowest BCUT2D eigenvalue weighted by atomic mass is 9.78. The van der Waals surface area contributed by atoms with E-state index in [9.17, 15) is 14.0 Å². The molecule has 0 spiro atoms. The summed E-state index contributed by atoms with van der Waals surface area (Å²) in [6.07, 6.45) is 7.91. The fraction of sp³-hybridized carbons (Fsp3) is 0.324. The lowest BCUT2D eigenvalue weighted by Crippen LogP contribution is -2.44. The van der Waals surface area contributed by atoms with Gasteiger partial charge in [-0.2, -0.15) is 0 Å². The maximum absolute atomic E-state index is 13.2. The molecule has 2 aliphatic heterocycles. The molecule has 432 valence electrons. The average Bonchev–Trinajstić information content (AvgIpc) is 1.54. The van der Waals surface area contributed by atoms with Crippen LogP contribution < -0.4 is 26.0 Å². The SMILES string of the molecule is CN1CCN(CCCNc2ncc3c(n2)-c2ccccc2C(c2ccc(NC(=O)Cc4ccc(F)cc4)cc2)C3)CC1.COc1ccccc1C(=O)Nc1ccc(C2Cc3cnc(NCCCN4CCN(C)CC4)nc3-c3ccccc32)cc1. The molecule has 16 heteroatoms. The molecule has 4 heterocycles. The van der Waals surface area contributed by atoms with E-state index in [1.165, 1.54) is 34.4 Å². The number of hydrogen-bond donors (Lipinski definition) is 4. The van der Waals surface area contributed by atoms with Crippen molar-refractivity contribution >= 4 is 35.1 Å². The number of aromatic nitrogens is 4. The largest absolute Gasteiger partial charge is 0.496 e. The highest BCUT2D eigenvalue weighted by atomic mass is 19.1. The Kier molecular flexibility index (Phi) is 18.7. The summed E-state index contributed by atoms with van der Waals surface area (Å²) >= 11 is 0. The number of methoxy groups -OCH3 is 1. The Morgan fingerprint density at radius 3 is 1.52 bits per heavy atom. The lowest BCUT2D eigenvalue weighted by Gasteiger charge is -2.32. The van der Waals surface area contributed by atoms with Crippen molar-refractivity contribution in [1.82, 2.24) is 39.5 Å². The average molecular weight is 1130 g/mol. The maximum atomic E-state index is 13.2. The molecule has 84 heavy (non-hydrogen) atoms. The van der Waals surface area contributed by atoms with E-state index in [2.05, 4.69) is 138 Å². The molecular weight excluding hydrogens is 1050 g/mol. The van der Waals surface area contributed by atoms with Crippen LogP contribution in [0.25, 0.3) is 22.5 Å². The van der Waals surface area contributed by atoms with E-state index in [-0.39, 0.29) is 35.9 Å². The minimum absolute atomic E-state index is 0.132. The van der Waals surface area contributed by atoms with Crippen LogP contribution in [0.5, 0.6) is 5.75 Å². The van der Waals surface area contributed by atoms with Crippen molar-refractivity contribution in [3.63, 3.8) is 0 Å². The number of ether oxygens (including phenoxy) is 1. The molecule has 0 saturated carbocycles. The Morgan fingerprint density at radius 2 is 1.02 bits per heavy atom. The van der Waals surface area contributed by atoms with E-state index in [1.54, 1.807) is 31.4 Å². The molecule has 4 aliphatic rings. The van der Waals surface area contributed by atoms with Gasteiger partial charge in [-0.1, -0.05) is 97.1 Å². The fourth-order valence-corrected chi connectivity index (χ4v) is 11.8. The van der Waals surface area contributed by atoms with Gasteiger partial charge in [-0.05, 0) is 140 Å². The predicted octanol–water partition coefficient (Wildman–Crippen LogP) is 10.3. The van der Waals surface area contributed by atoms with Crippen LogP contribution in [0.3, 0.4) is 0 Å². The van der Waals surface area contributed by atoms with Crippen molar-refractivity contribution in [2.45, 2.75) is 43.9 Å². The standard InChI is InChI=1S/C34H37FN6O.C34H38N6O2/c1-40-17-19-41(20-18-40)16-4-15-36-34-37-23-26-22-31(29-5-2-3-6-30(29)33(26)39-34)25-9-13-28(14-10-25)38-32(42)21-24-7-11-27(35)12-8-24;1-39-18-20-40(21-19-39)17-7-16-35-34-36-23-25-22-30(27-8-3-4-9-28(27)32(25)38-34)24-12-14-26(15-13-24)37-33(41)29-10-5-6-11-31(29)42-2/h2-3,5-14,23,31H,4,15-22H2,1H3,(H,38,42)(H,36,37,39);3-6,8-15,23,30H,7,16-22H2,1-2H3,(H,37,41)(H,35,36,38). The molecule has 2 unspecified atom stereocenters. The third-order valence-corrected chi connectivity index (χ3v) is 16.6. The molecule has 2 aliphatic carbocycles. The number of rotatable bonds is 18. The first-order chi connectivity index (χ1) is 41.1. The molecule has 0 bridgehead atoms. The number of nitrogens with zero attached hydrogens (tertiary/aromatic N) is 8. The van der Waals surface area contributed by atoms with Crippen molar-refractivity contribution in [2.75, 3.05) is 121 Å². The van der Waals surface area contributed by atoms with Gasteiger partial charge >= 0.3 is 0 Å². The highest BCUT2D eigenvalue weighted by Gasteiger charge is 2.30. The number of carbonyl (C=O) groups is 2. The predicted molar refractivity (Wildman–Crippen MR) is 333 cm³/mol. The molecule has 2 aromatic heterocycles. The number of para-hydroxylation sites is 1. The van der Waals surface area contributed by atoms with E-state index < -0.39 is 0 Å². The summed E-state index contributed by atoms with van der Waals surface area (Å²) in [7, 11) is 5.94. The van der Waals surface area contributed by atoms with Crippen molar-refractivity contribution in [2.24, 2.45) is 0 Å². The normalized spacial score (nSPS) is 16.8. The first kappa shape index (κ1) is 57.4. The molecule has 8 aromatic rings. The van der Waals surface area contributed by atoms with Gasteiger partial charge in [0, 0.05) is 112 Å². The molecule has 2 amide bonds. The zero-order valence-corrected chi connectivity index (χ0v) is 48.4. The monoisotopic (exact) mass is 1130 g/mol. The number of hydrogen-bond acceptors (Lipinski definition) is 13. The smallest absolute Gasteiger partial charge is 0.259 e. The van der Waals surface area contributed by atoms with Crippen molar-refractivity contribution in [1.29, 1.82) is 0 Å². The number of nitrogens with one attached hydrogen (secondary N) is 4. The van der Waals surface area contributed by atoms with Gasteiger partial charge in [0.15, 0.2) is 0 Å². The number of halogens is 1. The van der Waals surface area contributed by atoms with Crippen molar-refractivity contribution in [3.8, 4) is 28.3 Å². The van der Waals surface area contributed by atoms with Crippen molar-refractivity contribution in [3.05, 3.63) is 208 Å². The van der Waals surface area contributed by atoms with E-state index in [1.807, 2.05) is 48.8 Å². The Labute approximate surface area is 492 Å². The Bertz CT molecular complexity index is 3510. The fourth-order valence-electron chi connectivity index (χ4n) is 11.8. The van der Waals surface area contributed by atoms with E-state index >= 15 is 0 Å². The second kappa shape index (κ2) is 27.3. The van der Waals surface area contributed by atoms with Gasteiger partial charge < -0.3 is 45.6 Å². The van der Waals surface area contributed by atoms with Crippen LogP contribution in [-0.4, -0.2) is 151 Å². The van der Waals surface area contributed by atoms with Crippen LogP contribution in [-0.2, 0) is 24.1 Å². The Hall–Kier alpha value is -8.41. The summed E-state index contributed by atoms with van der Waals surface area (Å²) < 4.78 is 18.5. The summed E-state index contributed by atoms with van der Waals surface area (Å²) in [4.78, 5) is 54.5. The summed E-state index contributed by atoms with van der Waals surface area (Å²) in [5.74, 6) is 1.64. The molecule has 12 rings (SSSR count).